The Morgan fingerprint density at radius 1 is 1.20 bits per heavy atom. The van der Waals surface area contributed by atoms with Gasteiger partial charge in [0.05, 0.1) is 21.8 Å². The maximum atomic E-state index is 12.8. The maximum Gasteiger partial charge on any atom is 0.417 e. The van der Waals surface area contributed by atoms with Gasteiger partial charge in [0.2, 0.25) is 0 Å². The zero-order chi connectivity index (χ0) is 22.6. The Bertz CT molecular complexity index is 971. The number of hydrogen-bond donors (Lipinski definition) is 2. The normalized spacial score (nSPS) is 12.4. The second-order valence-electron chi connectivity index (χ2n) is 6.48. The van der Waals surface area contributed by atoms with Crippen LogP contribution in [0.3, 0.4) is 0 Å². The zero-order valence-electron chi connectivity index (χ0n) is 16.2. The van der Waals surface area contributed by atoms with Crippen molar-refractivity contribution in [3.63, 3.8) is 0 Å². The predicted octanol–water partition coefficient (Wildman–Crippen LogP) is 5.45. The number of benzene rings is 1. The molecule has 2 N–H and O–H groups in total. The van der Waals surface area contributed by atoms with Crippen molar-refractivity contribution in [2.45, 2.75) is 26.1 Å². The fourth-order valence-electron chi connectivity index (χ4n) is 2.61. The number of nitrogens with zero attached hydrogens (tertiary/aromatic N) is 1. The summed E-state index contributed by atoms with van der Waals surface area (Å²) in [5, 5.41) is 5.15. The standard InChI is InChI=1S/C19H18Cl2F3N3O2S/c1-9-4-12(20)6-13(17(28)26-10(2)8-30-3)15(9)27-18(29)16-14(21)5-11(7-25-16)19(22,23)24/h4-7,10H,8H2,1-3H3,(H,26,28)(H,27,29). The molecule has 1 atom stereocenters. The van der Waals surface area contributed by atoms with E-state index in [0.29, 0.717) is 28.6 Å². The molecule has 0 saturated carbocycles. The Morgan fingerprint density at radius 3 is 2.43 bits per heavy atom. The van der Waals surface area contributed by atoms with Gasteiger partial charge in [-0.15, -0.1) is 0 Å². The number of nitrogens with one attached hydrogen (secondary N) is 2. The first-order chi connectivity index (χ1) is 13.9. The fourth-order valence-corrected chi connectivity index (χ4v) is 3.72. The minimum absolute atomic E-state index is 0.115. The number of anilines is 1. The quantitative estimate of drug-likeness (QED) is 0.577. The van der Waals surface area contributed by atoms with Crippen LogP contribution in [0.4, 0.5) is 18.9 Å². The molecule has 1 unspecified atom stereocenters. The van der Waals surface area contributed by atoms with Crippen LogP contribution in [0.1, 0.15) is 38.9 Å². The summed E-state index contributed by atoms with van der Waals surface area (Å²) in [5.74, 6) is -0.632. The first-order valence-electron chi connectivity index (χ1n) is 8.58. The molecule has 1 aromatic heterocycles. The first-order valence-corrected chi connectivity index (χ1v) is 10.7. The van der Waals surface area contributed by atoms with Crippen LogP contribution in [0.25, 0.3) is 0 Å². The summed E-state index contributed by atoms with van der Waals surface area (Å²) >= 11 is 13.5. The van der Waals surface area contributed by atoms with E-state index in [-0.39, 0.29) is 17.3 Å². The van der Waals surface area contributed by atoms with E-state index < -0.39 is 34.3 Å². The van der Waals surface area contributed by atoms with Crippen LogP contribution >= 0.6 is 35.0 Å². The molecule has 30 heavy (non-hydrogen) atoms. The number of rotatable bonds is 6. The summed E-state index contributed by atoms with van der Waals surface area (Å²) in [4.78, 5) is 28.9. The molecule has 0 saturated heterocycles. The van der Waals surface area contributed by atoms with Crippen molar-refractivity contribution in [3.8, 4) is 0 Å². The van der Waals surface area contributed by atoms with Gasteiger partial charge in [0.1, 0.15) is 5.69 Å². The summed E-state index contributed by atoms with van der Waals surface area (Å²) in [7, 11) is 0. The molecule has 1 aromatic carbocycles. The zero-order valence-corrected chi connectivity index (χ0v) is 18.5. The summed E-state index contributed by atoms with van der Waals surface area (Å²) in [6.07, 6.45) is -2.22. The average Bonchev–Trinajstić information content (AvgIpc) is 2.62. The number of carbonyl (C=O) groups excluding carboxylic acids is 2. The van der Waals surface area contributed by atoms with Gasteiger partial charge < -0.3 is 10.6 Å². The number of aryl methyl sites for hydroxylation is 1. The van der Waals surface area contributed by atoms with Crippen LogP contribution in [0.2, 0.25) is 10.0 Å². The number of amides is 2. The van der Waals surface area contributed by atoms with Crippen LogP contribution in [0.15, 0.2) is 24.4 Å². The largest absolute Gasteiger partial charge is 0.417 e. The molecule has 162 valence electrons. The van der Waals surface area contributed by atoms with E-state index in [1.54, 1.807) is 24.8 Å². The van der Waals surface area contributed by atoms with Gasteiger partial charge in [-0.3, -0.25) is 9.59 Å². The van der Waals surface area contributed by atoms with E-state index in [2.05, 4.69) is 15.6 Å². The Labute approximate surface area is 185 Å². The molecule has 2 aromatic rings. The second kappa shape index (κ2) is 9.89. The van der Waals surface area contributed by atoms with Crippen molar-refractivity contribution in [1.29, 1.82) is 0 Å². The van der Waals surface area contributed by atoms with Crippen LogP contribution in [0, 0.1) is 6.92 Å². The molecular formula is C19H18Cl2F3N3O2S. The van der Waals surface area contributed by atoms with Gasteiger partial charge in [0.25, 0.3) is 11.8 Å². The Hall–Kier alpha value is -1.97. The maximum absolute atomic E-state index is 12.8. The molecule has 1 heterocycles. The number of carbonyl (C=O) groups is 2. The summed E-state index contributed by atoms with van der Waals surface area (Å²) in [5.41, 5.74) is -0.711. The van der Waals surface area contributed by atoms with Crippen molar-refractivity contribution in [1.82, 2.24) is 10.3 Å². The second-order valence-corrected chi connectivity index (χ2v) is 8.24. The fraction of sp³-hybridized carbons (Fsp3) is 0.316. The lowest BCUT2D eigenvalue weighted by Gasteiger charge is -2.17. The highest BCUT2D eigenvalue weighted by atomic mass is 35.5. The SMILES string of the molecule is CSCC(C)NC(=O)c1cc(Cl)cc(C)c1NC(=O)c1ncc(C(F)(F)F)cc1Cl. The average molecular weight is 480 g/mol. The highest BCUT2D eigenvalue weighted by Gasteiger charge is 2.32. The number of pyridine rings is 1. The molecule has 0 aliphatic rings. The summed E-state index contributed by atoms with van der Waals surface area (Å²) in [6.45, 7) is 3.46. The lowest BCUT2D eigenvalue weighted by Crippen LogP contribution is -2.35. The van der Waals surface area contributed by atoms with Gasteiger partial charge in [0.15, 0.2) is 0 Å². The predicted molar refractivity (Wildman–Crippen MR) is 114 cm³/mol. The Kier molecular flexibility index (Phi) is 8.01. The number of halogens is 5. The van der Waals surface area contributed by atoms with Crippen LogP contribution < -0.4 is 10.6 Å². The Morgan fingerprint density at radius 2 is 1.87 bits per heavy atom. The first kappa shape index (κ1) is 24.3. The lowest BCUT2D eigenvalue weighted by atomic mass is 10.1. The number of thioether (sulfide) groups is 1. The highest BCUT2D eigenvalue weighted by molar-refractivity contribution is 7.98. The van der Waals surface area contributed by atoms with E-state index in [1.807, 2.05) is 13.2 Å². The highest BCUT2D eigenvalue weighted by Crippen LogP contribution is 2.32. The van der Waals surface area contributed by atoms with Crippen LogP contribution in [0.5, 0.6) is 0 Å². The minimum atomic E-state index is -4.64. The van der Waals surface area contributed by atoms with E-state index in [9.17, 15) is 22.8 Å². The van der Waals surface area contributed by atoms with Crippen LogP contribution in [-0.4, -0.2) is 34.8 Å². The molecule has 11 heteroatoms. The van der Waals surface area contributed by atoms with Gasteiger partial charge in [-0.1, -0.05) is 23.2 Å². The summed E-state index contributed by atoms with van der Waals surface area (Å²) < 4.78 is 38.3. The minimum Gasteiger partial charge on any atom is -0.349 e. The summed E-state index contributed by atoms with van der Waals surface area (Å²) in [6, 6.07) is 3.42. The monoisotopic (exact) mass is 479 g/mol. The third kappa shape index (κ3) is 6.02. The molecule has 5 nitrogen and oxygen atoms in total. The molecule has 0 radical (unpaired) electrons. The molecule has 2 amide bonds. The van der Waals surface area contributed by atoms with Gasteiger partial charge >= 0.3 is 6.18 Å². The number of alkyl halides is 3. The molecule has 0 bridgehead atoms. The molecule has 0 aliphatic carbocycles. The molecular weight excluding hydrogens is 462 g/mol. The van der Waals surface area contributed by atoms with Gasteiger partial charge in [0, 0.05) is 23.0 Å². The molecule has 2 rings (SSSR count). The lowest BCUT2D eigenvalue weighted by molar-refractivity contribution is -0.137. The van der Waals surface area contributed by atoms with Crippen molar-refractivity contribution in [3.05, 3.63) is 56.8 Å². The van der Waals surface area contributed by atoms with Crippen molar-refractivity contribution in [2.24, 2.45) is 0 Å². The molecule has 0 aliphatic heterocycles. The van der Waals surface area contributed by atoms with Crippen molar-refractivity contribution < 1.29 is 22.8 Å². The van der Waals surface area contributed by atoms with E-state index in [0.717, 1.165) is 0 Å². The number of aromatic nitrogens is 1. The van der Waals surface area contributed by atoms with E-state index >= 15 is 0 Å². The smallest absolute Gasteiger partial charge is 0.349 e. The van der Waals surface area contributed by atoms with Gasteiger partial charge in [-0.25, -0.2) is 4.98 Å². The van der Waals surface area contributed by atoms with Gasteiger partial charge in [-0.2, -0.15) is 24.9 Å². The third-order valence-electron chi connectivity index (χ3n) is 3.96. The third-order valence-corrected chi connectivity index (χ3v) is 5.30. The molecule has 0 spiro atoms. The Balaban J connectivity index is 2.36. The van der Waals surface area contributed by atoms with E-state index in [1.165, 1.54) is 6.07 Å². The van der Waals surface area contributed by atoms with Crippen molar-refractivity contribution >= 4 is 52.5 Å². The number of hydrogen-bond acceptors (Lipinski definition) is 4. The molecule has 0 fully saturated rings. The van der Waals surface area contributed by atoms with Gasteiger partial charge in [-0.05, 0) is 43.9 Å². The van der Waals surface area contributed by atoms with E-state index in [4.69, 9.17) is 23.2 Å². The van der Waals surface area contributed by atoms with Crippen molar-refractivity contribution in [2.75, 3.05) is 17.3 Å². The van der Waals surface area contributed by atoms with Crippen LogP contribution in [-0.2, 0) is 6.18 Å². The topological polar surface area (TPSA) is 71.1 Å².